The summed E-state index contributed by atoms with van der Waals surface area (Å²) in [6.45, 7) is -1.10. The van der Waals surface area contributed by atoms with Crippen LogP contribution in [-0.2, 0) is 9.47 Å². The molecular formula is C22H26O10. The van der Waals surface area contributed by atoms with E-state index >= 15 is 0 Å². The fourth-order valence-electron chi connectivity index (χ4n) is 3.43. The van der Waals surface area contributed by atoms with Gasteiger partial charge < -0.3 is 50.3 Å². The predicted molar refractivity (Wildman–Crippen MR) is 108 cm³/mol. The SMILES string of the molecule is OC[C@H]1O[C@H](C#Cc2cccc(C#C[C@H]3O[C@H](CO)[C@@H](O)[C@H](O)[C@@H]3O)c2)[C@H](O)[C@@H](O)[C@@H]1O. The molecule has 2 aliphatic heterocycles. The highest BCUT2D eigenvalue weighted by molar-refractivity contribution is 5.44. The molecule has 0 bridgehead atoms. The van der Waals surface area contributed by atoms with Crippen molar-refractivity contribution in [1.82, 2.24) is 0 Å². The fraction of sp³-hybridized carbons (Fsp3) is 0.545. The third kappa shape index (κ3) is 5.29. The third-order valence-electron chi connectivity index (χ3n) is 5.36. The lowest BCUT2D eigenvalue weighted by Gasteiger charge is -2.37. The van der Waals surface area contributed by atoms with Gasteiger partial charge in [-0.1, -0.05) is 29.7 Å². The maximum absolute atomic E-state index is 10.1. The summed E-state index contributed by atoms with van der Waals surface area (Å²) in [5, 5.41) is 77.9. The fourth-order valence-corrected chi connectivity index (χ4v) is 3.43. The van der Waals surface area contributed by atoms with Gasteiger partial charge in [-0.25, -0.2) is 0 Å². The maximum Gasteiger partial charge on any atom is 0.147 e. The highest BCUT2D eigenvalue weighted by Crippen LogP contribution is 2.22. The Bertz CT molecular complexity index is 826. The van der Waals surface area contributed by atoms with Crippen LogP contribution < -0.4 is 0 Å². The van der Waals surface area contributed by atoms with Crippen molar-refractivity contribution in [2.24, 2.45) is 0 Å². The van der Waals surface area contributed by atoms with Crippen LogP contribution in [0.4, 0.5) is 0 Å². The van der Waals surface area contributed by atoms with Crippen LogP contribution in [0.1, 0.15) is 11.1 Å². The number of rotatable bonds is 2. The van der Waals surface area contributed by atoms with E-state index in [1.165, 1.54) is 0 Å². The third-order valence-corrected chi connectivity index (χ3v) is 5.36. The molecule has 32 heavy (non-hydrogen) atoms. The monoisotopic (exact) mass is 450 g/mol. The van der Waals surface area contributed by atoms with E-state index in [1.807, 2.05) is 0 Å². The second-order valence-electron chi connectivity index (χ2n) is 7.62. The molecule has 0 spiro atoms. The molecule has 1 aromatic rings. The van der Waals surface area contributed by atoms with Crippen LogP contribution >= 0.6 is 0 Å². The lowest BCUT2D eigenvalue weighted by Crippen LogP contribution is -2.58. The van der Waals surface area contributed by atoms with Gasteiger partial charge in [0.25, 0.3) is 0 Å². The molecule has 10 atom stereocenters. The summed E-state index contributed by atoms with van der Waals surface area (Å²) in [6.07, 6.45) is -13.3. The molecule has 8 N–H and O–H groups in total. The molecule has 10 heteroatoms. The van der Waals surface area contributed by atoms with Gasteiger partial charge in [0.15, 0.2) is 0 Å². The van der Waals surface area contributed by atoms with Crippen LogP contribution in [0.3, 0.4) is 0 Å². The van der Waals surface area contributed by atoms with E-state index in [9.17, 15) is 40.9 Å². The molecule has 1 aromatic carbocycles. The molecule has 2 saturated heterocycles. The van der Waals surface area contributed by atoms with Crippen LogP contribution in [0.15, 0.2) is 24.3 Å². The van der Waals surface area contributed by atoms with E-state index in [0.29, 0.717) is 11.1 Å². The van der Waals surface area contributed by atoms with Gasteiger partial charge in [0.1, 0.15) is 61.0 Å². The van der Waals surface area contributed by atoms with Crippen molar-refractivity contribution in [1.29, 1.82) is 0 Å². The number of hydrogen-bond acceptors (Lipinski definition) is 10. The van der Waals surface area contributed by atoms with Crippen molar-refractivity contribution >= 4 is 0 Å². The first-order valence-electron chi connectivity index (χ1n) is 10.0. The first-order valence-corrected chi connectivity index (χ1v) is 10.0. The second kappa shape index (κ2) is 10.7. The molecule has 2 heterocycles. The van der Waals surface area contributed by atoms with E-state index in [0.717, 1.165) is 0 Å². The number of ether oxygens (including phenoxy) is 2. The zero-order valence-electron chi connectivity index (χ0n) is 16.9. The summed E-state index contributed by atoms with van der Waals surface area (Å²) < 4.78 is 10.7. The summed E-state index contributed by atoms with van der Waals surface area (Å²) in [6, 6.07) is 6.59. The minimum absolute atomic E-state index is 0.488. The zero-order chi connectivity index (χ0) is 23.4. The van der Waals surface area contributed by atoms with Gasteiger partial charge in [0.05, 0.1) is 13.2 Å². The Morgan fingerprint density at radius 3 is 1.41 bits per heavy atom. The first kappa shape index (κ1) is 24.6. The van der Waals surface area contributed by atoms with Gasteiger partial charge in [-0.3, -0.25) is 0 Å². The maximum atomic E-state index is 10.1. The summed E-state index contributed by atoms with van der Waals surface area (Å²) >= 11 is 0. The van der Waals surface area contributed by atoms with Crippen LogP contribution in [0, 0.1) is 23.7 Å². The molecule has 0 unspecified atom stereocenters. The number of aliphatic hydroxyl groups is 8. The highest BCUT2D eigenvalue weighted by Gasteiger charge is 2.43. The van der Waals surface area contributed by atoms with Crippen LogP contribution in [0.25, 0.3) is 0 Å². The Hall–Kier alpha value is -2.06. The highest BCUT2D eigenvalue weighted by atomic mass is 16.5. The summed E-state index contributed by atoms with van der Waals surface area (Å²) in [5.41, 5.74) is 0.977. The number of aliphatic hydroxyl groups excluding tert-OH is 8. The first-order chi connectivity index (χ1) is 15.3. The van der Waals surface area contributed by atoms with Gasteiger partial charge in [-0.2, -0.15) is 0 Å². The lowest BCUT2D eigenvalue weighted by molar-refractivity contribution is -0.214. The number of hydrogen-bond donors (Lipinski definition) is 8. The molecule has 0 aromatic heterocycles. The van der Waals surface area contributed by atoms with Crippen molar-refractivity contribution in [2.75, 3.05) is 13.2 Å². The summed E-state index contributed by atoms with van der Waals surface area (Å²) in [7, 11) is 0. The second-order valence-corrected chi connectivity index (χ2v) is 7.62. The Morgan fingerprint density at radius 2 is 1.03 bits per heavy atom. The molecule has 3 rings (SSSR count). The smallest absolute Gasteiger partial charge is 0.147 e. The molecule has 10 nitrogen and oxygen atoms in total. The van der Waals surface area contributed by atoms with Gasteiger partial charge >= 0.3 is 0 Å². The Kier molecular flexibility index (Phi) is 8.22. The molecule has 0 amide bonds. The molecular weight excluding hydrogens is 424 g/mol. The molecule has 0 aliphatic carbocycles. The van der Waals surface area contributed by atoms with Gasteiger partial charge in [0, 0.05) is 11.1 Å². The normalized spacial score (nSPS) is 39.4. The summed E-state index contributed by atoms with van der Waals surface area (Å²) in [4.78, 5) is 0. The van der Waals surface area contributed by atoms with Gasteiger partial charge in [-0.15, -0.1) is 0 Å². The molecule has 0 saturated carbocycles. The minimum atomic E-state index is -1.52. The summed E-state index contributed by atoms with van der Waals surface area (Å²) in [5.74, 6) is 10.9. The van der Waals surface area contributed by atoms with Crippen molar-refractivity contribution in [3.05, 3.63) is 35.4 Å². The Morgan fingerprint density at radius 1 is 0.625 bits per heavy atom. The van der Waals surface area contributed by atoms with E-state index in [2.05, 4.69) is 23.7 Å². The van der Waals surface area contributed by atoms with Crippen LogP contribution in [0.5, 0.6) is 0 Å². The van der Waals surface area contributed by atoms with E-state index in [4.69, 9.17) is 9.47 Å². The van der Waals surface area contributed by atoms with Gasteiger partial charge in [-0.05, 0) is 18.2 Å². The minimum Gasteiger partial charge on any atom is -0.394 e. The average molecular weight is 450 g/mol. The molecule has 2 fully saturated rings. The zero-order valence-corrected chi connectivity index (χ0v) is 16.9. The van der Waals surface area contributed by atoms with Crippen molar-refractivity contribution in [3.63, 3.8) is 0 Å². The Labute approximate surface area is 184 Å². The van der Waals surface area contributed by atoms with Crippen LogP contribution in [-0.4, -0.2) is 115 Å². The molecule has 174 valence electrons. The standard InChI is InChI=1S/C22H26O10/c23-9-15-19(27)21(29)17(25)13(31-15)6-4-11-2-1-3-12(8-11)5-7-14-18(26)22(30)20(28)16(10-24)32-14/h1-3,8,13-30H,9-10H2/t13-,14-,15-,16-,17-,18+,19-,20-,21-,22-/m1/s1. The van der Waals surface area contributed by atoms with E-state index < -0.39 is 74.3 Å². The molecule has 0 radical (unpaired) electrons. The van der Waals surface area contributed by atoms with Crippen LogP contribution in [0.2, 0.25) is 0 Å². The number of benzene rings is 1. The predicted octanol–water partition coefficient (Wildman–Crippen LogP) is -3.93. The van der Waals surface area contributed by atoms with Gasteiger partial charge in [0.2, 0.25) is 0 Å². The molecule has 2 aliphatic rings. The quantitative estimate of drug-likeness (QED) is 0.207. The topological polar surface area (TPSA) is 180 Å². The van der Waals surface area contributed by atoms with E-state index in [-0.39, 0.29) is 0 Å². The van der Waals surface area contributed by atoms with Crippen molar-refractivity contribution in [3.8, 4) is 23.7 Å². The van der Waals surface area contributed by atoms with E-state index in [1.54, 1.807) is 24.3 Å². The Balaban J connectivity index is 1.74. The average Bonchev–Trinajstić information content (AvgIpc) is 2.80. The van der Waals surface area contributed by atoms with Crippen molar-refractivity contribution in [2.45, 2.75) is 61.0 Å². The van der Waals surface area contributed by atoms with Crippen molar-refractivity contribution < 1.29 is 50.3 Å². The lowest BCUT2D eigenvalue weighted by atomic mass is 9.95. The largest absolute Gasteiger partial charge is 0.394 e.